The monoisotopic (exact) mass is 567 g/mol. The molecule has 0 saturated carbocycles. The largest absolute Gasteiger partial charge is 0.243 e. The zero-order valence-corrected chi connectivity index (χ0v) is 24.4. The highest BCUT2D eigenvalue weighted by Gasteiger charge is 2.35. The van der Waals surface area contributed by atoms with Crippen LogP contribution >= 0.6 is 14.4 Å². The van der Waals surface area contributed by atoms with E-state index in [0.717, 1.165) is 32.6 Å². The number of benzene rings is 6. The Morgan fingerprint density at radius 2 is 0.512 bits per heavy atom. The van der Waals surface area contributed by atoms with E-state index in [2.05, 4.69) is 175 Å². The predicted molar refractivity (Wildman–Crippen MR) is 178 cm³/mol. The van der Waals surface area contributed by atoms with E-state index >= 15 is 0 Å². The van der Waals surface area contributed by atoms with Crippen molar-refractivity contribution in [3.05, 3.63) is 182 Å². The van der Waals surface area contributed by atoms with Crippen molar-refractivity contribution < 1.29 is 0 Å². The Labute approximate surface area is 242 Å². The summed E-state index contributed by atoms with van der Waals surface area (Å²) in [5.41, 5.74) is 1.86. The molecule has 6 rings (SSSR count). The molecule has 3 nitrogen and oxygen atoms in total. The molecule has 0 unspecified atom stereocenters. The number of rotatable bonds is 8. The summed E-state index contributed by atoms with van der Waals surface area (Å²) in [6, 6.07) is 63.3. The van der Waals surface area contributed by atoms with Crippen LogP contribution in [0.25, 0.3) is 0 Å². The molecule has 0 heterocycles. The third-order valence-corrected chi connectivity index (χ3v) is 14.4. The van der Waals surface area contributed by atoms with Gasteiger partial charge in [0.05, 0.1) is 25.8 Å². The normalized spacial score (nSPS) is 11.5. The van der Waals surface area contributed by atoms with Gasteiger partial charge in [0.25, 0.3) is 0 Å². The van der Waals surface area contributed by atoms with Crippen LogP contribution in [0.5, 0.6) is 0 Å². The van der Waals surface area contributed by atoms with Crippen molar-refractivity contribution in [1.29, 1.82) is 0 Å². The molecular weight excluding hydrogens is 536 g/mol. The fourth-order valence-corrected chi connectivity index (χ4v) is 13.2. The van der Waals surface area contributed by atoms with E-state index in [0.29, 0.717) is 0 Å². The zero-order chi connectivity index (χ0) is 27.8. The maximum atomic E-state index is 5.68. The molecule has 1 N–H and O–H groups in total. The van der Waals surface area contributed by atoms with Gasteiger partial charge in [-0.05, 0) is 24.3 Å². The summed E-state index contributed by atoms with van der Waals surface area (Å²) >= 11 is 0. The van der Waals surface area contributed by atoms with Crippen LogP contribution < -0.4 is 26.1 Å². The molecular formula is C36H31N3P2. The first kappa shape index (κ1) is 26.9. The minimum atomic E-state index is -2.68. The van der Waals surface area contributed by atoms with Crippen molar-refractivity contribution in [3.63, 3.8) is 0 Å². The van der Waals surface area contributed by atoms with Crippen LogP contribution in [-0.2, 0) is 0 Å². The molecule has 0 aliphatic heterocycles. The van der Waals surface area contributed by atoms with E-state index < -0.39 is 14.4 Å². The maximum Gasteiger partial charge on any atom is 0.0973 e. The van der Waals surface area contributed by atoms with Crippen molar-refractivity contribution in [3.8, 4) is 0 Å². The zero-order valence-electron chi connectivity index (χ0n) is 22.6. The Kier molecular flexibility index (Phi) is 8.21. The first-order valence-electron chi connectivity index (χ1n) is 13.7. The molecule has 0 spiro atoms. The van der Waals surface area contributed by atoms with Crippen LogP contribution in [0.2, 0.25) is 0 Å². The second-order valence-corrected chi connectivity index (χ2v) is 15.4. The molecule has 6 aromatic carbocycles. The van der Waals surface area contributed by atoms with E-state index in [4.69, 9.17) is 9.49 Å². The molecule has 0 radical (unpaired) electrons. The summed E-state index contributed by atoms with van der Waals surface area (Å²) in [7, 11) is -5.36. The van der Waals surface area contributed by atoms with Crippen molar-refractivity contribution in [2.24, 2.45) is 9.49 Å². The van der Waals surface area contributed by atoms with Crippen LogP contribution in [-0.4, -0.2) is 0 Å². The Morgan fingerprint density at radius 1 is 0.293 bits per heavy atom. The number of hydrogen-bond donors (Lipinski definition) is 1. The van der Waals surface area contributed by atoms with Crippen molar-refractivity contribution in [1.82, 2.24) is 4.86 Å². The highest BCUT2D eigenvalue weighted by Crippen LogP contribution is 2.59. The van der Waals surface area contributed by atoms with Gasteiger partial charge < -0.3 is 0 Å². The van der Waals surface area contributed by atoms with Gasteiger partial charge in [-0.15, -0.1) is 0 Å². The lowest BCUT2D eigenvalue weighted by Gasteiger charge is -2.36. The Morgan fingerprint density at radius 3 is 0.756 bits per heavy atom. The van der Waals surface area contributed by atoms with Gasteiger partial charge in [-0.1, -0.05) is 158 Å². The summed E-state index contributed by atoms with van der Waals surface area (Å²) in [5, 5.41) is 4.59. The molecule has 0 fully saturated rings. The quantitative estimate of drug-likeness (QED) is 0.183. The molecule has 5 heteroatoms. The summed E-state index contributed by atoms with van der Waals surface area (Å²) in [6.07, 6.45) is 0. The fourth-order valence-electron chi connectivity index (χ4n) is 4.92. The summed E-state index contributed by atoms with van der Waals surface area (Å²) < 4.78 is 11.4. The lowest BCUT2D eigenvalue weighted by atomic mass is 10.3. The van der Waals surface area contributed by atoms with Gasteiger partial charge in [-0.2, -0.15) is 0 Å². The molecule has 0 aromatic heterocycles. The van der Waals surface area contributed by atoms with Gasteiger partial charge in [0, 0.05) is 21.2 Å². The lowest BCUT2D eigenvalue weighted by molar-refractivity contribution is 1.46. The predicted octanol–water partition coefficient (Wildman–Crippen LogP) is 8.77. The number of nitrogens with zero attached hydrogens (tertiary/aromatic N) is 2. The smallest absolute Gasteiger partial charge is 0.0973 e. The molecule has 0 atom stereocenters. The van der Waals surface area contributed by atoms with Gasteiger partial charge in [-0.25, -0.2) is 14.3 Å². The molecule has 0 amide bonds. The topological polar surface area (TPSA) is 36.8 Å². The van der Waals surface area contributed by atoms with E-state index in [9.17, 15) is 0 Å². The number of nitrogens with one attached hydrogen (secondary N) is 1. The van der Waals surface area contributed by atoms with E-state index in [1.807, 2.05) is 12.1 Å². The molecule has 0 aliphatic carbocycles. The van der Waals surface area contributed by atoms with Crippen molar-refractivity contribution in [2.45, 2.75) is 0 Å². The highest BCUT2D eigenvalue weighted by molar-refractivity contribution is 7.93. The molecule has 0 bridgehead atoms. The Balaban J connectivity index is 1.77. The molecule has 0 saturated heterocycles. The third kappa shape index (κ3) is 5.80. The van der Waals surface area contributed by atoms with Gasteiger partial charge in [0.1, 0.15) is 0 Å². The van der Waals surface area contributed by atoms with Gasteiger partial charge >= 0.3 is 0 Å². The van der Waals surface area contributed by atoms with Crippen molar-refractivity contribution in [2.75, 3.05) is 0 Å². The Hall–Kier alpha value is -4.26. The van der Waals surface area contributed by atoms with Crippen LogP contribution in [0.15, 0.2) is 191 Å². The Bertz CT molecular complexity index is 1570. The van der Waals surface area contributed by atoms with Crippen LogP contribution in [0.3, 0.4) is 0 Å². The SMILES string of the molecule is c1ccc(N=P(NP(=Nc2ccccc2)(c2ccccc2)c2ccccc2)(c2ccccc2)c2ccccc2)cc1. The minimum absolute atomic E-state index is 0.931. The molecule has 200 valence electrons. The van der Waals surface area contributed by atoms with E-state index in [1.165, 1.54) is 0 Å². The maximum absolute atomic E-state index is 5.68. The first-order valence-corrected chi connectivity index (χ1v) is 17.1. The van der Waals surface area contributed by atoms with Gasteiger partial charge in [0.2, 0.25) is 0 Å². The number of hydrogen-bond acceptors (Lipinski definition) is 2. The van der Waals surface area contributed by atoms with Crippen LogP contribution in [0.1, 0.15) is 0 Å². The second kappa shape index (κ2) is 12.5. The minimum Gasteiger partial charge on any atom is -0.243 e. The standard InChI is InChI=1S/C36H31N3P2/c1-7-19-31(20-8-1)37-40(33-23-11-3-12-24-33,34-25-13-4-14-26-34)39-41(35-27-15-5-16-28-35,36-29-17-6-18-30-36)38-32-21-9-2-10-22-32/h1-30,39H. The second-order valence-electron chi connectivity index (χ2n) is 9.58. The van der Waals surface area contributed by atoms with E-state index in [1.54, 1.807) is 0 Å². The summed E-state index contributed by atoms with van der Waals surface area (Å²) in [6.45, 7) is 0. The van der Waals surface area contributed by atoms with E-state index in [-0.39, 0.29) is 0 Å². The average Bonchev–Trinajstić information content (AvgIpc) is 3.06. The van der Waals surface area contributed by atoms with Gasteiger partial charge in [-0.3, -0.25) is 0 Å². The average molecular weight is 568 g/mol. The molecule has 41 heavy (non-hydrogen) atoms. The van der Waals surface area contributed by atoms with Crippen LogP contribution in [0.4, 0.5) is 11.4 Å². The van der Waals surface area contributed by atoms with Crippen LogP contribution in [0, 0.1) is 0 Å². The summed E-state index contributed by atoms with van der Waals surface area (Å²) in [5.74, 6) is 0. The van der Waals surface area contributed by atoms with Gasteiger partial charge in [0.15, 0.2) is 0 Å². The fraction of sp³-hybridized carbons (Fsp3) is 0. The summed E-state index contributed by atoms with van der Waals surface area (Å²) in [4.78, 5) is 4.33. The van der Waals surface area contributed by atoms with Crippen molar-refractivity contribution >= 4 is 47.0 Å². The molecule has 0 aliphatic rings. The highest BCUT2D eigenvalue weighted by atomic mass is 31.2. The lowest BCUT2D eigenvalue weighted by Crippen LogP contribution is -2.33. The third-order valence-electron chi connectivity index (χ3n) is 6.85. The molecule has 6 aromatic rings. The first-order chi connectivity index (χ1) is 20.3.